The lowest BCUT2D eigenvalue weighted by atomic mass is 10.1. The molecule has 1 rings (SSSR count). The number of benzene rings is 1. The fraction of sp³-hybridized carbons (Fsp3) is 0.417. The van der Waals surface area contributed by atoms with Gasteiger partial charge in [0.25, 0.3) is 0 Å². The molecule has 0 aliphatic rings. The van der Waals surface area contributed by atoms with Gasteiger partial charge in [0, 0.05) is 18.3 Å². The zero-order valence-electron chi connectivity index (χ0n) is 10.1. The normalized spacial score (nSPS) is 11.1. The van der Waals surface area contributed by atoms with Crippen molar-refractivity contribution in [2.24, 2.45) is 5.73 Å². The maximum absolute atomic E-state index is 12.9. The van der Waals surface area contributed by atoms with E-state index in [1.807, 2.05) is 18.7 Å². The third kappa shape index (κ3) is 4.03. The minimum Gasteiger partial charge on any atom is -0.398 e. The Hall–Kier alpha value is -1.62. The van der Waals surface area contributed by atoms with Crippen LogP contribution in [0.5, 0.6) is 0 Å². The monoisotopic (exact) mass is 239 g/mol. The second kappa shape index (κ2) is 5.63. The number of carbonyl (C=O) groups excluding carboxylic acids is 1. The first-order valence-electron chi connectivity index (χ1n) is 5.46. The summed E-state index contributed by atoms with van der Waals surface area (Å²) in [7, 11) is 0. The molecule has 5 heteroatoms. The first-order valence-corrected chi connectivity index (χ1v) is 5.46. The number of anilines is 1. The van der Waals surface area contributed by atoms with Crippen LogP contribution in [0, 0.1) is 5.82 Å². The summed E-state index contributed by atoms with van der Waals surface area (Å²) in [6.07, 6.45) is 0. The molecule has 0 spiro atoms. The molecule has 0 aromatic heterocycles. The highest BCUT2D eigenvalue weighted by molar-refractivity contribution is 5.76. The first-order chi connectivity index (χ1) is 7.90. The van der Waals surface area contributed by atoms with Crippen molar-refractivity contribution >= 4 is 11.6 Å². The van der Waals surface area contributed by atoms with E-state index in [2.05, 4.69) is 0 Å². The van der Waals surface area contributed by atoms with E-state index >= 15 is 0 Å². The van der Waals surface area contributed by atoms with Crippen LogP contribution in [-0.2, 0) is 11.3 Å². The summed E-state index contributed by atoms with van der Waals surface area (Å²) >= 11 is 0. The van der Waals surface area contributed by atoms with Crippen molar-refractivity contribution in [2.45, 2.75) is 26.4 Å². The summed E-state index contributed by atoms with van der Waals surface area (Å²) in [6.45, 7) is 4.56. The highest BCUT2D eigenvalue weighted by Gasteiger charge is 2.14. The molecule has 1 aromatic rings. The second-order valence-electron chi connectivity index (χ2n) is 4.31. The number of primary amides is 1. The van der Waals surface area contributed by atoms with Gasteiger partial charge in [0.05, 0.1) is 6.54 Å². The molecule has 94 valence electrons. The van der Waals surface area contributed by atoms with E-state index in [4.69, 9.17) is 11.5 Å². The van der Waals surface area contributed by atoms with Gasteiger partial charge in [0.15, 0.2) is 0 Å². The first kappa shape index (κ1) is 13.4. The average Bonchev–Trinajstić information content (AvgIpc) is 2.19. The molecule has 4 N–H and O–H groups in total. The fourth-order valence-corrected chi connectivity index (χ4v) is 1.55. The number of nitrogens with two attached hydrogens (primary N) is 2. The van der Waals surface area contributed by atoms with Crippen molar-refractivity contribution in [2.75, 3.05) is 12.3 Å². The van der Waals surface area contributed by atoms with E-state index in [0.717, 1.165) is 5.56 Å². The highest BCUT2D eigenvalue weighted by Crippen LogP contribution is 2.16. The number of hydrogen-bond acceptors (Lipinski definition) is 3. The van der Waals surface area contributed by atoms with Gasteiger partial charge in [-0.15, -0.1) is 0 Å². The zero-order chi connectivity index (χ0) is 13.0. The van der Waals surface area contributed by atoms with E-state index in [9.17, 15) is 9.18 Å². The summed E-state index contributed by atoms with van der Waals surface area (Å²) in [5.74, 6) is -0.753. The molecule has 0 fully saturated rings. The molecule has 0 saturated carbocycles. The number of carbonyl (C=O) groups is 1. The fourth-order valence-electron chi connectivity index (χ4n) is 1.55. The molecule has 1 aromatic carbocycles. The highest BCUT2D eigenvalue weighted by atomic mass is 19.1. The van der Waals surface area contributed by atoms with E-state index in [1.165, 1.54) is 12.1 Å². The average molecular weight is 239 g/mol. The third-order valence-corrected chi connectivity index (χ3v) is 2.57. The Bertz CT molecular complexity index is 407. The predicted octanol–water partition coefficient (Wildman–Crippen LogP) is 1.10. The number of amides is 1. The smallest absolute Gasteiger partial charge is 0.231 e. The lowest BCUT2D eigenvalue weighted by molar-refractivity contribution is -0.119. The van der Waals surface area contributed by atoms with Crippen LogP contribution in [0.4, 0.5) is 10.1 Å². The Morgan fingerprint density at radius 2 is 2.12 bits per heavy atom. The summed E-state index contributed by atoms with van der Waals surface area (Å²) in [5.41, 5.74) is 12.1. The molecule has 0 saturated heterocycles. The molecule has 0 radical (unpaired) electrons. The van der Waals surface area contributed by atoms with Crippen LogP contribution in [0.3, 0.4) is 0 Å². The SMILES string of the molecule is CC(C)N(CC(N)=O)Cc1ccc(F)cc1N. The van der Waals surface area contributed by atoms with Gasteiger partial charge in [0.2, 0.25) is 5.91 Å². The van der Waals surface area contributed by atoms with Crippen LogP contribution in [0.25, 0.3) is 0 Å². The Morgan fingerprint density at radius 3 is 2.59 bits per heavy atom. The van der Waals surface area contributed by atoms with Crippen LogP contribution < -0.4 is 11.5 Å². The molecular formula is C12H18FN3O. The summed E-state index contributed by atoms with van der Waals surface area (Å²) in [4.78, 5) is 12.8. The molecule has 0 aliphatic heterocycles. The summed E-state index contributed by atoms with van der Waals surface area (Å²) in [5, 5.41) is 0. The van der Waals surface area contributed by atoms with Crippen LogP contribution in [0.15, 0.2) is 18.2 Å². The van der Waals surface area contributed by atoms with E-state index in [1.54, 1.807) is 6.07 Å². The lowest BCUT2D eigenvalue weighted by Crippen LogP contribution is -2.38. The van der Waals surface area contributed by atoms with Crippen molar-refractivity contribution in [3.63, 3.8) is 0 Å². The van der Waals surface area contributed by atoms with Gasteiger partial charge >= 0.3 is 0 Å². The molecule has 17 heavy (non-hydrogen) atoms. The van der Waals surface area contributed by atoms with Gasteiger partial charge in [-0.25, -0.2) is 4.39 Å². The summed E-state index contributed by atoms with van der Waals surface area (Å²) < 4.78 is 12.9. The number of halogens is 1. The number of nitrogen functional groups attached to an aromatic ring is 1. The van der Waals surface area contributed by atoms with Gasteiger partial charge in [0.1, 0.15) is 5.82 Å². The maximum Gasteiger partial charge on any atom is 0.231 e. The molecule has 1 amide bonds. The number of hydrogen-bond donors (Lipinski definition) is 2. The Kier molecular flexibility index (Phi) is 4.45. The molecule has 0 heterocycles. The Morgan fingerprint density at radius 1 is 1.47 bits per heavy atom. The van der Waals surface area contributed by atoms with Crippen molar-refractivity contribution in [1.82, 2.24) is 4.90 Å². The van der Waals surface area contributed by atoms with Crippen LogP contribution in [0.1, 0.15) is 19.4 Å². The van der Waals surface area contributed by atoms with E-state index in [-0.39, 0.29) is 24.3 Å². The van der Waals surface area contributed by atoms with Crippen molar-refractivity contribution < 1.29 is 9.18 Å². The second-order valence-corrected chi connectivity index (χ2v) is 4.31. The van der Waals surface area contributed by atoms with Gasteiger partial charge in [-0.2, -0.15) is 0 Å². The van der Waals surface area contributed by atoms with Crippen LogP contribution in [-0.4, -0.2) is 23.4 Å². The number of nitrogens with zero attached hydrogens (tertiary/aromatic N) is 1. The molecule has 4 nitrogen and oxygen atoms in total. The van der Waals surface area contributed by atoms with E-state index in [0.29, 0.717) is 12.2 Å². The van der Waals surface area contributed by atoms with Gasteiger partial charge in [-0.3, -0.25) is 9.69 Å². The Labute approximate surface area is 100 Å². The number of rotatable bonds is 5. The largest absolute Gasteiger partial charge is 0.398 e. The van der Waals surface area contributed by atoms with Crippen LogP contribution >= 0.6 is 0 Å². The zero-order valence-corrected chi connectivity index (χ0v) is 10.1. The summed E-state index contributed by atoms with van der Waals surface area (Å²) in [6, 6.07) is 4.42. The Balaban J connectivity index is 2.82. The molecule has 0 unspecified atom stereocenters. The standard InChI is InChI=1S/C12H18FN3O/c1-8(2)16(7-12(15)17)6-9-3-4-10(13)5-11(9)14/h3-5,8H,6-7,14H2,1-2H3,(H2,15,17). The molecule has 0 atom stereocenters. The van der Waals surface area contributed by atoms with Gasteiger partial charge in [-0.05, 0) is 31.5 Å². The lowest BCUT2D eigenvalue weighted by Gasteiger charge is -2.25. The molecule has 0 aliphatic carbocycles. The van der Waals surface area contributed by atoms with Crippen molar-refractivity contribution in [1.29, 1.82) is 0 Å². The minimum absolute atomic E-state index is 0.159. The van der Waals surface area contributed by atoms with Crippen molar-refractivity contribution in [3.05, 3.63) is 29.6 Å². The topological polar surface area (TPSA) is 72.3 Å². The molecule has 0 bridgehead atoms. The third-order valence-electron chi connectivity index (χ3n) is 2.57. The van der Waals surface area contributed by atoms with E-state index < -0.39 is 0 Å². The predicted molar refractivity (Wildman–Crippen MR) is 65.6 cm³/mol. The van der Waals surface area contributed by atoms with Crippen molar-refractivity contribution in [3.8, 4) is 0 Å². The quantitative estimate of drug-likeness (QED) is 0.756. The maximum atomic E-state index is 12.9. The molecular weight excluding hydrogens is 221 g/mol. The van der Waals surface area contributed by atoms with Gasteiger partial charge in [-0.1, -0.05) is 6.07 Å². The van der Waals surface area contributed by atoms with Crippen LogP contribution in [0.2, 0.25) is 0 Å². The van der Waals surface area contributed by atoms with Gasteiger partial charge < -0.3 is 11.5 Å². The minimum atomic E-state index is -0.389.